The van der Waals surface area contributed by atoms with Gasteiger partial charge in [-0.15, -0.1) is 0 Å². The summed E-state index contributed by atoms with van der Waals surface area (Å²) in [6.45, 7) is 1.50. The Hall–Kier alpha value is -2.93. The van der Waals surface area contributed by atoms with Gasteiger partial charge in [0.2, 0.25) is 0 Å². The first-order chi connectivity index (χ1) is 12.8. The van der Waals surface area contributed by atoms with E-state index in [4.69, 9.17) is 5.11 Å². The number of carbonyl (C=O) groups excluding carboxylic acids is 1. The van der Waals surface area contributed by atoms with Crippen molar-refractivity contribution in [2.45, 2.75) is 19.1 Å². The number of pyridine rings is 1. The fraction of sp³-hybridized carbons (Fsp3) is 0.200. The lowest BCUT2D eigenvalue weighted by molar-refractivity contribution is -0.137. The Kier molecular flexibility index (Phi) is 5.14. The van der Waals surface area contributed by atoms with Crippen LogP contribution in [0.2, 0.25) is 0 Å². The molecule has 0 bridgehead atoms. The van der Waals surface area contributed by atoms with Gasteiger partial charge in [0.1, 0.15) is 0 Å². The number of hydrogen-bond acceptors (Lipinski definition) is 3. The van der Waals surface area contributed by atoms with E-state index in [-0.39, 0.29) is 18.6 Å². The molecule has 1 heterocycles. The monoisotopic (exact) mass is 374 g/mol. The van der Waals surface area contributed by atoms with Gasteiger partial charge in [-0.25, -0.2) is 0 Å². The van der Waals surface area contributed by atoms with Crippen LogP contribution in [0.5, 0.6) is 0 Å². The molecule has 0 radical (unpaired) electrons. The number of alkyl halides is 3. The molecule has 4 nitrogen and oxygen atoms in total. The minimum absolute atomic E-state index is 0.176. The maximum atomic E-state index is 12.7. The topological polar surface area (TPSA) is 62.2 Å². The van der Waals surface area contributed by atoms with Gasteiger partial charge in [0.25, 0.3) is 5.91 Å². The van der Waals surface area contributed by atoms with Crippen LogP contribution in [-0.4, -0.2) is 28.6 Å². The molecule has 3 rings (SSSR count). The number of rotatable bonds is 4. The van der Waals surface area contributed by atoms with Crippen LogP contribution in [0.1, 0.15) is 22.8 Å². The zero-order valence-electron chi connectivity index (χ0n) is 14.4. The predicted molar refractivity (Wildman–Crippen MR) is 96.2 cm³/mol. The van der Waals surface area contributed by atoms with Gasteiger partial charge in [0.05, 0.1) is 23.3 Å². The van der Waals surface area contributed by atoms with Crippen molar-refractivity contribution in [3.8, 4) is 11.1 Å². The van der Waals surface area contributed by atoms with Crippen LogP contribution in [0.4, 0.5) is 13.2 Å². The number of amides is 1. The molecule has 0 aliphatic rings. The highest BCUT2D eigenvalue weighted by Gasteiger charge is 2.30. The first-order valence-corrected chi connectivity index (χ1v) is 8.27. The normalized spacial score (nSPS) is 12.8. The standard InChI is InChI=1S/C20H17F3N2O2/c1-12(11-26)25-19(27)15-9-14-3-2-4-17(18(14)24-10-15)13-5-7-16(8-6-13)20(21,22)23/h2-10,12,26H,11H2,1H3,(H,25,27). The highest BCUT2D eigenvalue weighted by Crippen LogP contribution is 2.32. The van der Waals surface area contributed by atoms with Gasteiger partial charge in [-0.3, -0.25) is 9.78 Å². The number of nitrogens with one attached hydrogen (secondary N) is 1. The number of aliphatic hydroxyl groups excluding tert-OH is 1. The summed E-state index contributed by atoms with van der Waals surface area (Å²) < 4.78 is 38.2. The molecule has 2 N–H and O–H groups in total. The number of aromatic nitrogens is 1. The van der Waals surface area contributed by atoms with Crippen molar-refractivity contribution in [2.75, 3.05) is 6.61 Å². The Bertz CT molecular complexity index is 969. The zero-order valence-corrected chi connectivity index (χ0v) is 14.4. The minimum Gasteiger partial charge on any atom is -0.394 e. The molecule has 1 unspecified atom stereocenters. The van der Waals surface area contributed by atoms with Crippen molar-refractivity contribution in [3.63, 3.8) is 0 Å². The molecule has 1 atom stereocenters. The van der Waals surface area contributed by atoms with Crippen molar-refractivity contribution in [1.82, 2.24) is 10.3 Å². The summed E-state index contributed by atoms with van der Waals surface area (Å²) in [5.74, 6) is -0.356. The van der Waals surface area contributed by atoms with E-state index in [1.807, 2.05) is 0 Å². The highest BCUT2D eigenvalue weighted by atomic mass is 19.4. The highest BCUT2D eigenvalue weighted by molar-refractivity contribution is 6.00. The van der Waals surface area contributed by atoms with Crippen LogP contribution < -0.4 is 5.32 Å². The summed E-state index contributed by atoms with van der Waals surface area (Å²) in [6, 6.07) is 11.5. The van der Waals surface area contributed by atoms with E-state index in [1.54, 1.807) is 31.2 Å². The molecule has 27 heavy (non-hydrogen) atoms. The molecule has 2 aromatic carbocycles. The number of halogens is 3. The number of aliphatic hydroxyl groups is 1. The number of carbonyl (C=O) groups is 1. The Morgan fingerprint density at radius 2 is 1.89 bits per heavy atom. The van der Waals surface area contributed by atoms with Crippen LogP contribution in [0.15, 0.2) is 54.7 Å². The molecular weight excluding hydrogens is 357 g/mol. The molecular formula is C20H17F3N2O2. The molecule has 0 fully saturated rings. The van der Waals surface area contributed by atoms with E-state index in [2.05, 4.69) is 10.3 Å². The maximum Gasteiger partial charge on any atom is 0.416 e. The molecule has 0 aliphatic heterocycles. The van der Waals surface area contributed by atoms with Gasteiger partial charge in [-0.1, -0.05) is 30.3 Å². The van der Waals surface area contributed by atoms with Crippen LogP contribution in [0, 0.1) is 0 Å². The summed E-state index contributed by atoms with van der Waals surface area (Å²) in [7, 11) is 0. The maximum absolute atomic E-state index is 12.7. The number of para-hydroxylation sites is 1. The Morgan fingerprint density at radius 3 is 2.52 bits per heavy atom. The molecule has 0 aliphatic carbocycles. The molecule has 3 aromatic rings. The number of benzene rings is 2. The van der Waals surface area contributed by atoms with Gasteiger partial charge in [-0.2, -0.15) is 13.2 Å². The molecule has 7 heteroatoms. The van der Waals surface area contributed by atoms with E-state index < -0.39 is 11.7 Å². The third-order valence-electron chi connectivity index (χ3n) is 4.15. The van der Waals surface area contributed by atoms with E-state index in [1.165, 1.54) is 18.3 Å². The van der Waals surface area contributed by atoms with E-state index in [0.717, 1.165) is 12.1 Å². The molecule has 1 amide bonds. The van der Waals surface area contributed by atoms with Crippen LogP contribution in [-0.2, 0) is 6.18 Å². The lowest BCUT2D eigenvalue weighted by Crippen LogP contribution is -2.35. The van der Waals surface area contributed by atoms with Crippen molar-refractivity contribution >= 4 is 16.8 Å². The Labute approximate surface area is 153 Å². The van der Waals surface area contributed by atoms with Crippen LogP contribution >= 0.6 is 0 Å². The van der Waals surface area contributed by atoms with Crippen LogP contribution in [0.25, 0.3) is 22.0 Å². The van der Waals surface area contributed by atoms with Crippen LogP contribution in [0.3, 0.4) is 0 Å². The van der Waals surface area contributed by atoms with Gasteiger partial charge < -0.3 is 10.4 Å². The zero-order chi connectivity index (χ0) is 19.6. The lowest BCUT2D eigenvalue weighted by atomic mass is 10.00. The fourth-order valence-electron chi connectivity index (χ4n) is 2.71. The summed E-state index contributed by atoms with van der Waals surface area (Å²) in [4.78, 5) is 16.5. The van der Waals surface area contributed by atoms with Crippen molar-refractivity contribution in [3.05, 3.63) is 65.9 Å². The average Bonchev–Trinajstić information content (AvgIpc) is 2.66. The Balaban J connectivity index is 1.97. The number of hydrogen-bond donors (Lipinski definition) is 2. The summed E-state index contributed by atoms with van der Waals surface area (Å²) in [5, 5.41) is 12.4. The minimum atomic E-state index is -4.39. The molecule has 140 valence electrons. The van der Waals surface area contributed by atoms with E-state index in [0.29, 0.717) is 27.6 Å². The second-order valence-corrected chi connectivity index (χ2v) is 6.23. The number of fused-ring (bicyclic) bond motifs is 1. The molecule has 0 spiro atoms. The third kappa shape index (κ3) is 4.09. The van der Waals surface area contributed by atoms with Crippen molar-refractivity contribution < 1.29 is 23.1 Å². The predicted octanol–water partition coefficient (Wildman–Crippen LogP) is 4.03. The Morgan fingerprint density at radius 1 is 1.19 bits per heavy atom. The van der Waals surface area contributed by atoms with E-state index >= 15 is 0 Å². The fourth-order valence-corrected chi connectivity index (χ4v) is 2.71. The quantitative estimate of drug-likeness (QED) is 0.725. The van der Waals surface area contributed by atoms with Crippen molar-refractivity contribution in [1.29, 1.82) is 0 Å². The van der Waals surface area contributed by atoms with Crippen molar-refractivity contribution in [2.24, 2.45) is 0 Å². The largest absolute Gasteiger partial charge is 0.416 e. The number of nitrogens with zero attached hydrogens (tertiary/aromatic N) is 1. The summed E-state index contributed by atoms with van der Waals surface area (Å²) >= 11 is 0. The summed E-state index contributed by atoms with van der Waals surface area (Å²) in [6.07, 6.45) is -2.97. The second kappa shape index (κ2) is 7.36. The van der Waals surface area contributed by atoms with Gasteiger partial charge in [0.15, 0.2) is 0 Å². The SMILES string of the molecule is CC(CO)NC(=O)c1cnc2c(-c3ccc(C(F)(F)F)cc3)cccc2c1. The third-order valence-corrected chi connectivity index (χ3v) is 4.15. The summed E-state index contributed by atoms with van der Waals surface area (Å²) in [5.41, 5.74) is 1.50. The molecule has 0 saturated carbocycles. The first-order valence-electron chi connectivity index (χ1n) is 8.27. The first kappa shape index (κ1) is 18.8. The second-order valence-electron chi connectivity index (χ2n) is 6.23. The van der Waals surface area contributed by atoms with Gasteiger partial charge in [-0.05, 0) is 30.7 Å². The average molecular weight is 374 g/mol. The lowest BCUT2D eigenvalue weighted by Gasteiger charge is -2.12. The molecule has 0 saturated heterocycles. The van der Waals surface area contributed by atoms with Gasteiger partial charge in [0, 0.05) is 23.2 Å². The van der Waals surface area contributed by atoms with Gasteiger partial charge >= 0.3 is 6.18 Å². The van der Waals surface area contributed by atoms with E-state index in [9.17, 15) is 18.0 Å². The smallest absolute Gasteiger partial charge is 0.394 e. The molecule has 1 aromatic heterocycles.